The average molecular weight is 261 g/mol. The van der Waals surface area contributed by atoms with Gasteiger partial charge in [0.15, 0.2) is 0 Å². The first-order valence-corrected chi connectivity index (χ1v) is 7.67. The zero-order chi connectivity index (χ0) is 12.3. The van der Waals surface area contributed by atoms with Gasteiger partial charge in [0.05, 0.1) is 5.75 Å². The molecule has 0 spiro atoms. The number of hydrogen-bond acceptors (Lipinski definition) is 4. The van der Waals surface area contributed by atoms with E-state index in [1.807, 2.05) is 0 Å². The summed E-state index contributed by atoms with van der Waals surface area (Å²) >= 11 is 0. The number of piperazine rings is 1. The summed E-state index contributed by atoms with van der Waals surface area (Å²) in [6, 6.07) is 0. The van der Waals surface area contributed by atoms with Gasteiger partial charge in [-0.05, 0) is 12.8 Å². The van der Waals surface area contributed by atoms with E-state index in [1.54, 1.807) is 0 Å². The second kappa shape index (κ2) is 5.32. The van der Waals surface area contributed by atoms with Gasteiger partial charge in [0, 0.05) is 38.6 Å². The molecule has 1 saturated carbocycles. The predicted octanol–water partition coefficient (Wildman–Crippen LogP) is -1.25. The maximum atomic E-state index is 11.9. The van der Waals surface area contributed by atoms with Crippen LogP contribution in [0.3, 0.4) is 0 Å². The molecule has 2 rings (SSSR count). The standard InChI is InChI=1S/C10H19N3O3S/c14-10(9-1-2-9)12-5-8-17(15,16)13-6-3-11-4-7-13/h9,11H,1-8H2,(H,12,14). The van der Waals surface area contributed by atoms with Crippen molar-refractivity contribution in [1.82, 2.24) is 14.9 Å². The fourth-order valence-electron chi connectivity index (χ4n) is 1.84. The lowest BCUT2D eigenvalue weighted by Crippen LogP contribution is -2.48. The van der Waals surface area contributed by atoms with Gasteiger partial charge in [0.25, 0.3) is 0 Å². The predicted molar refractivity (Wildman–Crippen MR) is 64.0 cm³/mol. The Kier molecular flexibility index (Phi) is 4.01. The van der Waals surface area contributed by atoms with Crippen molar-refractivity contribution < 1.29 is 13.2 Å². The molecular weight excluding hydrogens is 242 g/mol. The van der Waals surface area contributed by atoms with Gasteiger partial charge < -0.3 is 10.6 Å². The zero-order valence-corrected chi connectivity index (χ0v) is 10.6. The molecule has 1 heterocycles. The first-order valence-electron chi connectivity index (χ1n) is 6.06. The largest absolute Gasteiger partial charge is 0.355 e. The van der Waals surface area contributed by atoms with E-state index in [4.69, 9.17) is 0 Å². The first kappa shape index (κ1) is 12.8. The third-order valence-corrected chi connectivity index (χ3v) is 4.95. The van der Waals surface area contributed by atoms with E-state index in [0.717, 1.165) is 12.8 Å². The van der Waals surface area contributed by atoms with Crippen LogP contribution in [0.25, 0.3) is 0 Å². The van der Waals surface area contributed by atoms with Gasteiger partial charge in [0.1, 0.15) is 0 Å². The summed E-state index contributed by atoms with van der Waals surface area (Å²) in [5.74, 6) is 0.142. The molecule has 0 unspecified atom stereocenters. The Bertz CT molecular complexity index is 372. The molecule has 2 N–H and O–H groups in total. The van der Waals surface area contributed by atoms with E-state index in [0.29, 0.717) is 26.2 Å². The van der Waals surface area contributed by atoms with E-state index in [2.05, 4.69) is 10.6 Å². The van der Waals surface area contributed by atoms with Gasteiger partial charge in [0.2, 0.25) is 15.9 Å². The van der Waals surface area contributed by atoms with Crippen molar-refractivity contribution in [2.24, 2.45) is 5.92 Å². The van der Waals surface area contributed by atoms with Crippen molar-refractivity contribution in [1.29, 1.82) is 0 Å². The van der Waals surface area contributed by atoms with E-state index in [1.165, 1.54) is 4.31 Å². The summed E-state index contributed by atoms with van der Waals surface area (Å²) in [5.41, 5.74) is 0. The highest BCUT2D eigenvalue weighted by molar-refractivity contribution is 7.89. The summed E-state index contributed by atoms with van der Waals surface area (Å²) in [4.78, 5) is 11.3. The molecule has 1 aliphatic carbocycles. The van der Waals surface area contributed by atoms with Crippen LogP contribution in [0, 0.1) is 5.92 Å². The number of amides is 1. The molecule has 7 heteroatoms. The van der Waals surface area contributed by atoms with Crippen LogP contribution in [0.5, 0.6) is 0 Å². The van der Waals surface area contributed by atoms with Gasteiger partial charge in [-0.3, -0.25) is 4.79 Å². The highest BCUT2D eigenvalue weighted by Gasteiger charge is 2.30. The van der Waals surface area contributed by atoms with Crippen molar-refractivity contribution in [3.63, 3.8) is 0 Å². The molecule has 17 heavy (non-hydrogen) atoms. The Morgan fingerprint density at radius 1 is 1.29 bits per heavy atom. The van der Waals surface area contributed by atoms with Gasteiger partial charge >= 0.3 is 0 Å². The highest BCUT2D eigenvalue weighted by Crippen LogP contribution is 2.28. The fraction of sp³-hybridized carbons (Fsp3) is 0.900. The molecule has 0 atom stereocenters. The van der Waals surface area contributed by atoms with Crippen LogP contribution in [-0.2, 0) is 14.8 Å². The molecular formula is C10H19N3O3S. The third-order valence-electron chi connectivity index (χ3n) is 3.08. The van der Waals surface area contributed by atoms with Crippen molar-refractivity contribution in [2.45, 2.75) is 12.8 Å². The van der Waals surface area contributed by atoms with Crippen LogP contribution in [0.4, 0.5) is 0 Å². The lowest BCUT2D eigenvalue weighted by molar-refractivity contribution is -0.122. The molecule has 6 nitrogen and oxygen atoms in total. The summed E-state index contributed by atoms with van der Waals surface area (Å²) < 4.78 is 25.3. The van der Waals surface area contributed by atoms with Gasteiger partial charge in [-0.25, -0.2) is 8.42 Å². The number of carbonyl (C=O) groups excluding carboxylic acids is 1. The lowest BCUT2D eigenvalue weighted by Gasteiger charge is -2.26. The number of rotatable bonds is 5. The minimum absolute atomic E-state index is 0.000473. The molecule has 0 radical (unpaired) electrons. The number of nitrogens with one attached hydrogen (secondary N) is 2. The molecule has 0 aromatic rings. The number of hydrogen-bond donors (Lipinski definition) is 2. The summed E-state index contributed by atoms with van der Waals surface area (Å²) in [6.07, 6.45) is 1.88. The Labute approximate surface area is 102 Å². The second-order valence-corrected chi connectivity index (χ2v) is 6.62. The van der Waals surface area contributed by atoms with Crippen LogP contribution in [0.2, 0.25) is 0 Å². The van der Waals surface area contributed by atoms with Crippen molar-refractivity contribution in [3.05, 3.63) is 0 Å². The number of sulfonamides is 1. The van der Waals surface area contributed by atoms with Crippen molar-refractivity contribution in [3.8, 4) is 0 Å². The fourth-order valence-corrected chi connectivity index (χ4v) is 3.20. The van der Waals surface area contributed by atoms with Crippen LogP contribution < -0.4 is 10.6 Å². The van der Waals surface area contributed by atoms with Crippen LogP contribution in [0.1, 0.15) is 12.8 Å². The Balaban J connectivity index is 1.74. The Morgan fingerprint density at radius 2 is 1.94 bits per heavy atom. The molecule has 1 aliphatic heterocycles. The molecule has 0 aromatic carbocycles. The zero-order valence-electron chi connectivity index (χ0n) is 9.81. The molecule has 1 saturated heterocycles. The molecule has 2 fully saturated rings. The number of carbonyl (C=O) groups is 1. The topological polar surface area (TPSA) is 78.5 Å². The van der Waals surface area contributed by atoms with Crippen LogP contribution >= 0.6 is 0 Å². The summed E-state index contributed by atoms with van der Waals surface area (Å²) in [5, 5.41) is 5.79. The molecule has 1 amide bonds. The summed E-state index contributed by atoms with van der Waals surface area (Å²) in [6.45, 7) is 2.68. The van der Waals surface area contributed by atoms with E-state index in [-0.39, 0.29) is 24.1 Å². The lowest BCUT2D eigenvalue weighted by atomic mass is 10.4. The van der Waals surface area contributed by atoms with Gasteiger partial charge in [-0.1, -0.05) is 0 Å². The van der Waals surface area contributed by atoms with E-state index >= 15 is 0 Å². The monoisotopic (exact) mass is 261 g/mol. The van der Waals surface area contributed by atoms with Crippen molar-refractivity contribution >= 4 is 15.9 Å². The van der Waals surface area contributed by atoms with Crippen LogP contribution in [0.15, 0.2) is 0 Å². The molecule has 2 aliphatic rings. The first-order chi connectivity index (χ1) is 8.09. The third kappa shape index (κ3) is 3.65. The quantitative estimate of drug-likeness (QED) is 0.648. The molecule has 0 aromatic heterocycles. The number of nitrogens with zero attached hydrogens (tertiary/aromatic N) is 1. The smallest absolute Gasteiger partial charge is 0.223 e. The minimum Gasteiger partial charge on any atom is -0.355 e. The van der Waals surface area contributed by atoms with Crippen molar-refractivity contribution in [2.75, 3.05) is 38.5 Å². The van der Waals surface area contributed by atoms with E-state index in [9.17, 15) is 13.2 Å². The van der Waals surface area contributed by atoms with Crippen LogP contribution in [-0.4, -0.2) is 57.1 Å². The average Bonchev–Trinajstić information content (AvgIpc) is 3.14. The highest BCUT2D eigenvalue weighted by atomic mass is 32.2. The Morgan fingerprint density at radius 3 is 2.53 bits per heavy atom. The maximum Gasteiger partial charge on any atom is 0.223 e. The second-order valence-electron chi connectivity index (χ2n) is 4.53. The molecule has 98 valence electrons. The SMILES string of the molecule is O=C(NCCS(=O)(=O)N1CCNCC1)C1CC1. The molecule has 0 bridgehead atoms. The van der Waals surface area contributed by atoms with Gasteiger partial charge in [-0.15, -0.1) is 0 Å². The van der Waals surface area contributed by atoms with E-state index < -0.39 is 10.0 Å². The minimum atomic E-state index is -3.21. The van der Waals surface area contributed by atoms with Gasteiger partial charge in [-0.2, -0.15) is 4.31 Å². The Hall–Kier alpha value is -0.660. The normalized spacial score (nSPS) is 22.4. The maximum absolute atomic E-state index is 11.9. The summed E-state index contributed by atoms with van der Waals surface area (Å²) in [7, 11) is -3.21.